The van der Waals surface area contributed by atoms with Gasteiger partial charge in [-0.05, 0) is 49.3 Å². The van der Waals surface area contributed by atoms with E-state index in [0.29, 0.717) is 24.5 Å². The Morgan fingerprint density at radius 3 is 2.35 bits per heavy atom. The molecule has 1 aromatic carbocycles. The molecule has 0 aromatic heterocycles. The highest BCUT2D eigenvalue weighted by Gasteiger charge is 2.50. The molecule has 0 heterocycles. The molecule has 2 unspecified atom stereocenters. The van der Waals surface area contributed by atoms with Crippen molar-refractivity contribution in [2.24, 2.45) is 17.2 Å². The van der Waals surface area contributed by atoms with Crippen LogP contribution in [-0.2, 0) is 0 Å². The topological polar surface area (TPSA) is 56.5 Å². The summed E-state index contributed by atoms with van der Waals surface area (Å²) < 4.78 is 11.3. The molecule has 1 saturated carbocycles. The van der Waals surface area contributed by atoms with Crippen molar-refractivity contribution in [1.82, 2.24) is 5.43 Å². The summed E-state index contributed by atoms with van der Waals surface area (Å²) in [5, 5.41) is 0. The van der Waals surface area contributed by atoms with Crippen molar-refractivity contribution in [3.63, 3.8) is 0 Å². The van der Waals surface area contributed by atoms with Gasteiger partial charge in [0, 0.05) is 6.04 Å². The van der Waals surface area contributed by atoms with E-state index in [1.165, 1.54) is 6.42 Å². The zero-order chi connectivity index (χ0) is 14.8. The van der Waals surface area contributed by atoms with Crippen molar-refractivity contribution in [1.29, 1.82) is 0 Å². The van der Waals surface area contributed by atoms with Crippen molar-refractivity contribution in [2.45, 2.75) is 40.2 Å². The maximum absolute atomic E-state index is 5.77. The normalized spacial score (nSPS) is 21.4. The van der Waals surface area contributed by atoms with E-state index in [1.54, 1.807) is 0 Å². The maximum Gasteiger partial charge on any atom is 0.161 e. The Hall–Kier alpha value is -1.26. The predicted octanol–water partition coefficient (Wildman–Crippen LogP) is 3.03. The van der Waals surface area contributed by atoms with Gasteiger partial charge in [0.2, 0.25) is 0 Å². The lowest BCUT2D eigenvalue weighted by Crippen LogP contribution is -2.30. The summed E-state index contributed by atoms with van der Waals surface area (Å²) in [5.41, 5.74) is 4.48. The lowest BCUT2D eigenvalue weighted by Gasteiger charge is -2.20. The van der Waals surface area contributed by atoms with E-state index in [2.05, 4.69) is 25.3 Å². The molecule has 0 saturated heterocycles. The van der Waals surface area contributed by atoms with E-state index in [1.807, 2.05) is 26.0 Å². The number of rotatable bonds is 7. The molecule has 1 aromatic rings. The molecule has 0 bridgehead atoms. The fraction of sp³-hybridized carbons (Fsp3) is 0.625. The average molecular weight is 278 g/mol. The minimum atomic E-state index is 0.167. The van der Waals surface area contributed by atoms with E-state index in [0.717, 1.165) is 17.1 Å². The minimum Gasteiger partial charge on any atom is -0.490 e. The average Bonchev–Trinajstić information content (AvgIpc) is 3.02. The van der Waals surface area contributed by atoms with Crippen LogP contribution >= 0.6 is 0 Å². The predicted molar refractivity (Wildman–Crippen MR) is 80.7 cm³/mol. The van der Waals surface area contributed by atoms with E-state index < -0.39 is 0 Å². The third-order valence-corrected chi connectivity index (χ3v) is 4.10. The SMILES string of the molecule is CCOc1ccc(C(NN)C2CC2(C)C)cc1OCC. The van der Waals surface area contributed by atoms with Crippen molar-refractivity contribution in [2.75, 3.05) is 13.2 Å². The second-order valence-corrected chi connectivity index (χ2v) is 6.02. The standard InChI is InChI=1S/C16H26N2O2/c1-5-19-13-8-7-11(9-14(13)20-6-2)15(18-17)12-10-16(12,3)4/h7-9,12,15,18H,5-6,10,17H2,1-4H3. The van der Waals surface area contributed by atoms with E-state index in [-0.39, 0.29) is 6.04 Å². The maximum atomic E-state index is 5.77. The molecule has 0 radical (unpaired) electrons. The summed E-state index contributed by atoms with van der Waals surface area (Å²) in [5.74, 6) is 7.93. The quantitative estimate of drug-likeness (QED) is 0.594. The van der Waals surface area contributed by atoms with Crippen LogP contribution in [0, 0.1) is 11.3 Å². The van der Waals surface area contributed by atoms with Crippen molar-refractivity contribution < 1.29 is 9.47 Å². The van der Waals surface area contributed by atoms with Gasteiger partial charge in [0.1, 0.15) is 0 Å². The van der Waals surface area contributed by atoms with Crippen molar-refractivity contribution in [3.05, 3.63) is 23.8 Å². The van der Waals surface area contributed by atoms with E-state index >= 15 is 0 Å². The van der Waals surface area contributed by atoms with Crippen LogP contribution in [-0.4, -0.2) is 13.2 Å². The molecule has 2 rings (SSSR count). The van der Waals surface area contributed by atoms with Crippen LogP contribution in [0.4, 0.5) is 0 Å². The monoisotopic (exact) mass is 278 g/mol. The Balaban J connectivity index is 2.25. The molecular weight excluding hydrogens is 252 g/mol. The fourth-order valence-corrected chi connectivity index (χ4v) is 2.78. The van der Waals surface area contributed by atoms with Gasteiger partial charge in [0.25, 0.3) is 0 Å². The Bertz CT molecular complexity index is 460. The van der Waals surface area contributed by atoms with Crippen LogP contribution in [0.2, 0.25) is 0 Å². The molecule has 0 aliphatic heterocycles. The Labute approximate surface area is 121 Å². The van der Waals surface area contributed by atoms with Crippen LogP contribution < -0.4 is 20.7 Å². The van der Waals surface area contributed by atoms with E-state index in [9.17, 15) is 0 Å². The molecule has 1 aliphatic carbocycles. The minimum absolute atomic E-state index is 0.167. The zero-order valence-electron chi connectivity index (χ0n) is 12.9. The summed E-state index contributed by atoms with van der Waals surface area (Å²) in [4.78, 5) is 0. The third kappa shape index (κ3) is 3.07. The van der Waals surface area contributed by atoms with E-state index in [4.69, 9.17) is 15.3 Å². The van der Waals surface area contributed by atoms with Gasteiger partial charge in [-0.1, -0.05) is 19.9 Å². The molecule has 4 heteroatoms. The van der Waals surface area contributed by atoms with Crippen LogP contribution in [0.5, 0.6) is 11.5 Å². The summed E-state index contributed by atoms with van der Waals surface area (Å²) >= 11 is 0. The first kappa shape index (κ1) is 15.1. The fourth-order valence-electron chi connectivity index (χ4n) is 2.78. The van der Waals surface area contributed by atoms with Gasteiger partial charge in [0.15, 0.2) is 11.5 Å². The number of hydrogen-bond donors (Lipinski definition) is 2. The molecular formula is C16H26N2O2. The zero-order valence-corrected chi connectivity index (χ0v) is 12.9. The lowest BCUT2D eigenvalue weighted by atomic mass is 9.97. The highest BCUT2D eigenvalue weighted by Crippen LogP contribution is 2.57. The highest BCUT2D eigenvalue weighted by molar-refractivity contribution is 5.44. The number of benzene rings is 1. The van der Waals surface area contributed by atoms with Crippen molar-refractivity contribution in [3.8, 4) is 11.5 Å². The number of ether oxygens (including phenoxy) is 2. The summed E-state index contributed by atoms with van der Waals surface area (Å²) in [6.07, 6.45) is 1.19. The number of hydrogen-bond acceptors (Lipinski definition) is 4. The van der Waals surface area contributed by atoms with Gasteiger partial charge >= 0.3 is 0 Å². The van der Waals surface area contributed by atoms with Crippen LogP contribution in [0.25, 0.3) is 0 Å². The van der Waals surface area contributed by atoms with Crippen LogP contribution in [0.1, 0.15) is 45.7 Å². The number of hydrazine groups is 1. The molecule has 3 N–H and O–H groups in total. The molecule has 2 atom stereocenters. The van der Waals surface area contributed by atoms with Crippen LogP contribution in [0.15, 0.2) is 18.2 Å². The molecule has 20 heavy (non-hydrogen) atoms. The molecule has 112 valence electrons. The first-order valence-electron chi connectivity index (χ1n) is 7.39. The Kier molecular flexibility index (Phi) is 4.55. The molecule has 0 spiro atoms. The summed E-state index contributed by atoms with van der Waals surface area (Å²) in [6.45, 7) is 9.76. The second-order valence-electron chi connectivity index (χ2n) is 6.02. The molecule has 4 nitrogen and oxygen atoms in total. The van der Waals surface area contributed by atoms with Gasteiger partial charge in [0.05, 0.1) is 13.2 Å². The highest BCUT2D eigenvalue weighted by atomic mass is 16.5. The summed E-state index contributed by atoms with van der Waals surface area (Å²) in [6, 6.07) is 6.27. The molecule has 0 amide bonds. The van der Waals surface area contributed by atoms with Gasteiger partial charge in [-0.3, -0.25) is 11.3 Å². The Morgan fingerprint density at radius 2 is 1.85 bits per heavy atom. The molecule has 1 fully saturated rings. The number of nitrogens with two attached hydrogens (primary N) is 1. The second kappa shape index (κ2) is 6.02. The summed E-state index contributed by atoms with van der Waals surface area (Å²) in [7, 11) is 0. The molecule has 1 aliphatic rings. The number of nitrogens with one attached hydrogen (secondary N) is 1. The van der Waals surface area contributed by atoms with Gasteiger partial charge in [-0.25, -0.2) is 0 Å². The lowest BCUT2D eigenvalue weighted by molar-refractivity contribution is 0.286. The third-order valence-electron chi connectivity index (χ3n) is 4.10. The largest absolute Gasteiger partial charge is 0.490 e. The Morgan fingerprint density at radius 1 is 1.25 bits per heavy atom. The first-order valence-corrected chi connectivity index (χ1v) is 7.39. The van der Waals surface area contributed by atoms with Gasteiger partial charge < -0.3 is 9.47 Å². The van der Waals surface area contributed by atoms with Gasteiger partial charge in [-0.15, -0.1) is 0 Å². The first-order chi connectivity index (χ1) is 9.53. The smallest absolute Gasteiger partial charge is 0.161 e. The van der Waals surface area contributed by atoms with Crippen LogP contribution in [0.3, 0.4) is 0 Å². The van der Waals surface area contributed by atoms with Gasteiger partial charge in [-0.2, -0.15) is 0 Å². The van der Waals surface area contributed by atoms with Crippen molar-refractivity contribution >= 4 is 0 Å².